The highest BCUT2D eigenvalue weighted by atomic mass is 32.2. The minimum absolute atomic E-state index is 0.0293. The second kappa shape index (κ2) is 4.35. The van der Waals surface area contributed by atoms with Crippen LogP contribution < -0.4 is 0 Å². The lowest BCUT2D eigenvalue weighted by Gasteiger charge is -2.26. The Morgan fingerprint density at radius 2 is 2.07 bits per heavy atom. The highest BCUT2D eigenvalue weighted by Gasteiger charge is 2.29. The van der Waals surface area contributed by atoms with E-state index in [1.165, 1.54) is 0 Å². The maximum Gasteiger partial charge on any atom is 0.167 e. The molecule has 2 heteroatoms. The molecule has 78 valence electrons. The number of hydrogen-bond donors (Lipinski definition) is 0. The lowest BCUT2D eigenvalue weighted by atomic mass is 9.78. The first-order valence-electron chi connectivity index (χ1n) is 4.89. The fraction of sp³-hybridized carbons (Fsp3) is 0.583. The summed E-state index contributed by atoms with van der Waals surface area (Å²) < 4.78 is 0. The normalized spacial score (nSPS) is 22.4. The molecule has 1 nitrogen and oxygen atoms in total. The third-order valence-electron chi connectivity index (χ3n) is 2.36. The second-order valence-electron chi connectivity index (χ2n) is 4.64. The van der Waals surface area contributed by atoms with Crippen LogP contribution in [0, 0.1) is 11.3 Å². The average Bonchev–Trinajstić information content (AvgIpc) is 2.07. The SMILES string of the molecule is CSCC1C=CC=C(C(C)(C)C)C1=O. The Kier molecular flexibility index (Phi) is 3.59. The molecule has 0 amide bonds. The van der Waals surface area contributed by atoms with Crippen molar-refractivity contribution in [1.29, 1.82) is 0 Å². The van der Waals surface area contributed by atoms with E-state index in [1.54, 1.807) is 11.8 Å². The fourth-order valence-electron chi connectivity index (χ4n) is 1.59. The van der Waals surface area contributed by atoms with Gasteiger partial charge in [-0.2, -0.15) is 11.8 Å². The number of hydrogen-bond acceptors (Lipinski definition) is 2. The molecule has 14 heavy (non-hydrogen) atoms. The summed E-state index contributed by atoms with van der Waals surface area (Å²) in [4.78, 5) is 12.0. The molecule has 1 unspecified atom stereocenters. The third-order valence-corrected chi connectivity index (χ3v) is 3.06. The molecule has 0 fully saturated rings. The van der Waals surface area contributed by atoms with Gasteiger partial charge in [0.15, 0.2) is 5.78 Å². The summed E-state index contributed by atoms with van der Waals surface area (Å²) in [6.07, 6.45) is 8.02. The van der Waals surface area contributed by atoms with Gasteiger partial charge < -0.3 is 0 Å². The quantitative estimate of drug-likeness (QED) is 0.696. The lowest BCUT2D eigenvalue weighted by Crippen LogP contribution is -2.26. The minimum atomic E-state index is -0.0293. The number of allylic oxidation sites excluding steroid dienone is 4. The van der Waals surface area contributed by atoms with Crippen LogP contribution in [0.4, 0.5) is 0 Å². The smallest absolute Gasteiger partial charge is 0.167 e. The molecule has 0 aromatic rings. The molecular weight excluding hydrogens is 192 g/mol. The zero-order valence-electron chi connectivity index (χ0n) is 9.33. The van der Waals surface area contributed by atoms with Gasteiger partial charge in [-0.3, -0.25) is 4.79 Å². The average molecular weight is 210 g/mol. The van der Waals surface area contributed by atoms with Gasteiger partial charge in [0.25, 0.3) is 0 Å². The fourth-order valence-corrected chi connectivity index (χ4v) is 2.21. The number of carbonyl (C=O) groups is 1. The van der Waals surface area contributed by atoms with Crippen LogP contribution in [-0.4, -0.2) is 17.8 Å². The number of thioether (sulfide) groups is 1. The van der Waals surface area contributed by atoms with Gasteiger partial charge in [0.2, 0.25) is 0 Å². The molecule has 0 saturated heterocycles. The molecule has 0 bridgehead atoms. The van der Waals surface area contributed by atoms with E-state index in [0.29, 0.717) is 5.78 Å². The standard InChI is InChI=1S/C12H18OS/c1-12(2,3)10-7-5-6-9(8-14-4)11(10)13/h5-7,9H,8H2,1-4H3. The Labute approximate surface area is 90.7 Å². The first kappa shape index (κ1) is 11.6. The summed E-state index contributed by atoms with van der Waals surface area (Å²) in [5, 5.41) is 0. The van der Waals surface area contributed by atoms with E-state index in [-0.39, 0.29) is 11.3 Å². The Morgan fingerprint density at radius 1 is 1.43 bits per heavy atom. The number of ketones is 1. The Balaban J connectivity index is 2.86. The predicted octanol–water partition coefficient (Wildman–Crippen LogP) is 3.08. The van der Waals surface area contributed by atoms with Gasteiger partial charge in [0.05, 0.1) is 0 Å². The molecule has 0 spiro atoms. The van der Waals surface area contributed by atoms with Crippen molar-refractivity contribution in [2.75, 3.05) is 12.0 Å². The predicted molar refractivity (Wildman–Crippen MR) is 63.6 cm³/mol. The van der Waals surface area contributed by atoms with Crippen LogP contribution in [0.1, 0.15) is 20.8 Å². The van der Waals surface area contributed by atoms with Gasteiger partial charge in [-0.1, -0.05) is 39.0 Å². The van der Waals surface area contributed by atoms with Crippen LogP contribution >= 0.6 is 11.8 Å². The minimum Gasteiger partial charge on any atom is -0.294 e. The zero-order chi connectivity index (χ0) is 10.8. The van der Waals surface area contributed by atoms with Crippen LogP contribution in [0.3, 0.4) is 0 Å². The topological polar surface area (TPSA) is 17.1 Å². The molecule has 0 aromatic heterocycles. The van der Waals surface area contributed by atoms with Crippen LogP contribution in [0.5, 0.6) is 0 Å². The molecular formula is C12H18OS. The molecule has 1 aliphatic rings. The molecule has 0 N–H and O–H groups in total. The third kappa shape index (κ3) is 2.50. The number of Topliss-reactive ketones (excluding diaryl/α,β-unsaturated/α-hetero) is 1. The summed E-state index contributed by atoms with van der Waals surface area (Å²) in [6, 6.07) is 0. The van der Waals surface area contributed by atoms with E-state index < -0.39 is 0 Å². The van der Waals surface area contributed by atoms with Gasteiger partial charge in [0, 0.05) is 17.2 Å². The highest BCUT2D eigenvalue weighted by Crippen LogP contribution is 2.31. The van der Waals surface area contributed by atoms with Crippen LogP contribution in [0.2, 0.25) is 0 Å². The largest absolute Gasteiger partial charge is 0.294 e. The van der Waals surface area contributed by atoms with Gasteiger partial charge >= 0.3 is 0 Å². The Hall–Kier alpha value is -0.500. The molecule has 1 atom stereocenters. The van der Waals surface area contributed by atoms with Gasteiger partial charge in [-0.25, -0.2) is 0 Å². The van der Waals surface area contributed by atoms with Crippen LogP contribution in [0.25, 0.3) is 0 Å². The summed E-state index contributed by atoms with van der Waals surface area (Å²) in [5.74, 6) is 1.28. The molecule has 0 aromatic carbocycles. The summed E-state index contributed by atoms with van der Waals surface area (Å²) >= 11 is 1.73. The Bertz CT molecular complexity index is 281. The molecule has 1 aliphatic carbocycles. The first-order chi connectivity index (χ1) is 6.46. The molecule has 0 radical (unpaired) electrons. The Morgan fingerprint density at radius 3 is 2.57 bits per heavy atom. The van der Waals surface area contributed by atoms with Crippen molar-refractivity contribution in [2.45, 2.75) is 20.8 Å². The monoisotopic (exact) mass is 210 g/mol. The maximum absolute atomic E-state index is 12.0. The van der Waals surface area contributed by atoms with Gasteiger partial charge in [0.1, 0.15) is 0 Å². The van der Waals surface area contributed by atoms with E-state index in [9.17, 15) is 4.79 Å². The number of carbonyl (C=O) groups excluding carboxylic acids is 1. The first-order valence-corrected chi connectivity index (χ1v) is 6.28. The van der Waals surface area contributed by atoms with E-state index in [1.807, 2.05) is 24.5 Å². The lowest BCUT2D eigenvalue weighted by molar-refractivity contribution is -0.118. The van der Waals surface area contributed by atoms with E-state index >= 15 is 0 Å². The van der Waals surface area contributed by atoms with Crippen molar-refractivity contribution in [2.24, 2.45) is 11.3 Å². The highest BCUT2D eigenvalue weighted by molar-refractivity contribution is 7.98. The van der Waals surface area contributed by atoms with Crippen molar-refractivity contribution in [3.05, 3.63) is 23.8 Å². The summed E-state index contributed by atoms with van der Waals surface area (Å²) in [5.41, 5.74) is 0.928. The second-order valence-corrected chi connectivity index (χ2v) is 5.55. The maximum atomic E-state index is 12.0. The van der Waals surface area contributed by atoms with Gasteiger partial charge in [-0.05, 0) is 11.7 Å². The van der Waals surface area contributed by atoms with E-state index in [4.69, 9.17) is 0 Å². The van der Waals surface area contributed by atoms with Crippen LogP contribution in [0.15, 0.2) is 23.8 Å². The van der Waals surface area contributed by atoms with Crippen molar-refractivity contribution in [3.63, 3.8) is 0 Å². The van der Waals surface area contributed by atoms with Crippen molar-refractivity contribution in [1.82, 2.24) is 0 Å². The van der Waals surface area contributed by atoms with Crippen molar-refractivity contribution in [3.8, 4) is 0 Å². The molecule has 0 saturated carbocycles. The van der Waals surface area contributed by atoms with E-state index in [0.717, 1.165) is 11.3 Å². The summed E-state index contributed by atoms with van der Waals surface area (Å²) in [7, 11) is 0. The van der Waals surface area contributed by atoms with Crippen molar-refractivity contribution < 1.29 is 4.79 Å². The van der Waals surface area contributed by atoms with Crippen molar-refractivity contribution >= 4 is 17.5 Å². The summed E-state index contributed by atoms with van der Waals surface area (Å²) in [6.45, 7) is 6.27. The molecule has 0 heterocycles. The number of rotatable bonds is 2. The van der Waals surface area contributed by atoms with Gasteiger partial charge in [-0.15, -0.1) is 0 Å². The van der Waals surface area contributed by atoms with E-state index in [2.05, 4.69) is 20.8 Å². The molecule has 1 rings (SSSR count). The molecule has 0 aliphatic heterocycles. The zero-order valence-corrected chi connectivity index (χ0v) is 10.1. The van der Waals surface area contributed by atoms with Crippen LogP contribution in [-0.2, 0) is 4.79 Å².